The summed E-state index contributed by atoms with van der Waals surface area (Å²) in [5, 5.41) is 12.5. The van der Waals surface area contributed by atoms with E-state index in [1.807, 2.05) is 48.5 Å². The minimum atomic E-state index is -1.54. The number of hydrogen-bond acceptors (Lipinski definition) is 3. The van der Waals surface area contributed by atoms with E-state index in [2.05, 4.69) is 0 Å². The minimum absolute atomic E-state index is 0.262. The highest BCUT2D eigenvalue weighted by molar-refractivity contribution is 6.31. The average Bonchev–Trinajstić information content (AvgIpc) is 3.00. The Bertz CT molecular complexity index is 1170. The summed E-state index contributed by atoms with van der Waals surface area (Å²) in [6.07, 6.45) is 0. The molecule has 4 nitrogen and oxygen atoms in total. The molecule has 1 fully saturated rings. The van der Waals surface area contributed by atoms with Crippen LogP contribution in [0.1, 0.15) is 28.2 Å². The highest BCUT2D eigenvalue weighted by Crippen LogP contribution is 2.63. The third-order valence-corrected chi connectivity index (χ3v) is 6.87. The number of carbonyl (C=O) groups excluding carboxylic acids is 2. The second-order valence-corrected chi connectivity index (χ2v) is 8.35. The fourth-order valence-electron chi connectivity index (χ4n) is 5.60. The first-order valence-electron chi connectivity index (χ1n) is 9.58. The minimum Gasteiger partial charge on any atom is -0.379 e. The fourth-order valence-corrected chi connectivity index (χ4v) is 5.79. The first-order valence-corrected chi connectivity index (χ1v) is 9.96. The van der Waals surface area contributed by atoms with Crippen LogP contribution in [0, 0.1) is 11.8 Å². The van der Waals surface area contributed by atoms with E-state index in [0.717, 1.165) is 22.3 Å². The molecular formula is C24H16ClNO3. The molecule has 2 amide bonds. The van der Waals surface area contributed by atoms with Crippen LogP contribution in [0.25, 0.3) is 0 Å². The van der Waals surface area contributed by atoms with Gasteiger partial charge in [-0.25, -0.2) is 4.90 Å². The monoisotopic (exact) mass is 401 g/mol. The van der Waals surface area contributed by atoms with Crippen molar-refractivity contribution in [3.05, 3.63) is 100 Å². The maximum atomic E-state index is 13.6. The third-order valence-electron chi connectivity index (χ3n) is 6.64. The number of imide groups is 1. The molecule has 3 aromatic carbocycles. The Morgan fingerprint density at radius 3 is 2.07 bits per heavy atom. The summed E-state index contributed by atoms with van der Waals surface area (Å²) in [6.45, 7) is 0. The molecule has 4 aliphatic rings. The van der Waals surface area contributed by atoms with Gasteiger partial charge in [0.1, 0.15) is 5.60 Å². The standard InChI is InChI=1S/C24H16ClNO3/c25-13-6-5-7-14(12-13)26-22(27)20-19-15-8-1-3-10-17(15)24(29,21(20)23(26)28)18-11-4-2-9-16(18)19/h1-12,19-21,29H. The molecule has 2 bridgehead atoms. The number of rotatable bonds is 1. The lowest BCUT2D eigenvalue weighted by atomic mass is 9.52. The summed E-state index contributed by atoms with van der Waals surface area (Å²) in [4.78, 5) is 28.3. The molecule has 5 heteroatoms. The largest absolute Gasteiger partial charge is 0.379 e. The summed E-state index contributed by atoms with van der Waals surface area (Å²) in [5.74, 6) is -2.42. The number of halogens is 1. The molecule has 2 unspecified atom stereocenters. The Hall–Kier alpha value is -2.95. The molecule has 0 spiro atoms. The van der Waals surface area contributed by atoms with Gasteiger partial charge in [-0.05, 0) is 40.5 Å². The Balaban J connectivity index is 1.63. The second-order valence-electron chi connectivity index (χ2n) is 7.91. The van der Waals surface area contributed by atoms with Crippen LogP contribution in [0.5, 0.6) is 0 Å². The molecule has 1 N–H and O–H groups in total. The summed E-state index contributed by atoms with van der Waals surface area (Å²) in [5.41, 5.74) is 2.19. The van der Waals surface area contributed by atoms with Crippen LogP contribution in [-0.4, -0.2) is 16.9 Å². The van der Waals surface area contributed by atoms with Gasteiger partial charge in [-0.1, -0.05) is 66.2 Å². The highest BCUT2D eigenvalue weighted by Gasteiger charge is 2.68. The third kappa shape index (κ3) is 1.93. The van der Waals surface area contributed by atoms with Crippen LogP contribution in [0.15, 0.2) is 72.8 Å². The topological polar surface area (TPSA) is 57.6 Å². The normalized spacial score (nSPS) is 28.9. The van der Waals surface area contributed by atoms with E-state index < -0.39 is 17.4 Å². The molecule has 3 aromatic rings. The number of hydrogen-bond donors (Lipinski definition) is 1. The van der Waals surface area contributed by atoms with E-state index in [1.165, 1.54) is 4.90 Å². The van der Waals surface area contributed by atoms with Gasteiger partial charge in [0.2, 0.25) is 11.8 Å². The molecule has 1 heterocycles. The summed E-state index contributed by atoms with van der Waals surface area (Å²) < 4.78 is 0. The van der Waals surface area contributed by atoms with Crippen molar-refractivity contribution in [3.8, 4) is 0 Å². The number of carbonyl (C=O) groups is 2. The molecule has 0 aromatic heterocycles. The Kier molecular flexibility index (Phi) is 3.25. The summed E-state index contributed by atoms with van der Waals surface area (Å²) in [6, 6.07) is 21.9. The zero-order valence-corrected chi connectivity index (χ0v) is 16.0. The Morgan fingerprint density at radius 1 is 0.828 bits per heavy atom. The van der Waals surface area contributed by atoms with Crippen molar-refractivity contribution in [1.82, 2.24) is 0 Å². The summed E-state index contributed by atoms with van der Waals surface area (Å²) >= 11 is 6.12. The van der Waals surface area contributed by atoms with Gasteiger partial charge in [-0.2, -0.15) is 0 Å². The first kappa shape index (κ1) is 17.0. The van der Waals surface area contributed by atoms with Gasteiger partial charge in [-0.15, -0.1) is 0 Å². The maximum absolute atomic E-state index is 13.6. The lowest BCUT2D eigenvalue weighted by Gasteiger charge is -2.51. The fraction of sp³-hybridized carbons (Fsp3) is 0.167. The van der Waals surface area contributed by atoms with E-state index in [4.69, 9.17) is 11.6 Å². The number of benzene rings is 3. The molecule has 142 valence electrons. The van der Waals surface area contributed by atoms with Gasteiger partial charge in [0.15, 0.2) is 0 Å². The molecule has 0 radical (unpaired) electrons. The van der Waals surface area contributed by atoms with Crippen molar-refractivity contribution in [2.75, 3.05) is 4.90 Å². The number of amides is 2. The molecule has 3 aliphatic carbocycles. The van der Waals surface area contributed by atoms with Crippen LogP contribution < -0.4 is 4.90 Å². The second kappa shape index (κ2) is 5.56. The van der Waals surface area contributed by atoms with Crippen LogP contribution >= 0.6 is 11.6 Å². The van der Waals surface area contributed by atoms with Gasteiger partial charge >= 0.3 is 0 Å². The van der Waals surface area contributed by atoms with Crippen LogP contribution in [0.3, 0.4) is 0 Å². The van der Waals surface area contributed by atoms with Crippen molar-refractivity contribution >= 4 is 29.1 Å². The molecule has 1 saturated heterocycles. The van der Waals surface area contributed by atoms with Crippen molar-refractivity contribution in [1.29, 1.82) is 0 Å². The molecule has 2 atom stereocenters. The molecule has 1 aliphatic heterocycles. The molecule has 29 heavy (non-hydrogen) atoms. The van der Waals surface area contributed by atoms with Gasteiger partial charge in [0, 0.05) is 10.9 Å². The quantitative estimate of drug-likeness (QED) is 0.630. The van der Waals surface area contributed by atoms with Crippen molar-refractivity contribution < 1.29 is 14.7 Å². The lowest BCUT2D eigenvalue weighted by Crippen LogP contribution is -2.53. The van der Waals surface area contributed by atoms with Crippen molar-refractivity contribution in [3.63, 3.8) is 0 Å². The van der Waals surface area contributed by atoms with Gasteiger partial charge < -0.3 is 5.11 Å². The van der Waals surface area contributed by atoms with E-state index in [-0.39, 0.29) is 17.7 Å². The lowest BCUT2D eigenvalue weighted by molar-refractivity contribution is -0.133. The van der Waals surface area contributed by atoms with E-state index in [1.54, 1.807) is 24.3 Å². The average molecular weight is 402 g/mol. The Morgan fingerprint density at radius 2 is 1.45 bits per heavy atom. The number of nitrogens with zero attached hydrogens (tertiary/aromatic N) is 1. The smallest absolute Gasteiger partial charge is 0.241 e. The first-order chi connectivity index (χ1) is 14.0. The zero-order chi connectivity index (χ0) is 19.9. The van der Waals surface area contributed by atoms with Crippen molar-refractivity contribution in [2.24, 2.45) is 11.8 Å². The Labute approximate surface area is 172 Å². The van der Waals surface area contributed by atoms with Crippen LogP contribution in [-0.2, 0) is 15.2 Å². The van der Waals surface area contributed by atoms with Crippen LogP contribution in [0.2, 0.25) is 5.02 Å². The maximum Gasteiger partial charge on any atom is 0.241 e. The SMILES string of the molecule is O=C1C2C3c4ccccc4C(O)(c4ccccc43)C2C(=O)N1c1cccc(Cl)c1. The zero-order valence-electron chi connectivity index (χ0n) is 15.2. The highest BCUT2D eigenvalue weighted by atomic mass is 35.5. The van der Waals surface area contributed by atoms with Crippen LogP contribution in [0.4, 0.5) is 5.69 Å². The molecular weight excluding hydrogens is 386 g/mol. The van der Waals surface area contributed by atoms with Crippen molar-refractivity contribution in [2.45, 2.75) is 11.5 Å². The van der Waals surface area contributed by atoms with Gasteiger partial charge in [0.05, 0.1) is 17.5 Å². The predicted octanol–water partition coefficient (Wildman–Crippen LogP) is 3.84. The van der Waals surface area contributed by atoms with E-state index in [9.17, 15) is 14.7 Å². The predicted molar refractivity (Wildman–Crippen MR) is 109 cm³/mol. The summed E-state index contributed by atoms with van der Waals surface area (Å²) in [7, 11) is 0. The molecule has 0 saturated carbocycles. The van der Waals surface area contributed by atoms with E-state index >= 15 is 0 Å². The van der Waals surface area contributed by atoms with E-state index in [0.29, 0.717) is 10.7 Å². The van der Waals surface area contributed by atoms with Gasteiger partial charge in [0.25, 0.3) is 0 Å². The molecule has 7 rings (SSSR count). The number of anilines is 1. The number of aliphatic hydroxyl groups is 1. The van der Waals surface area contributed by atoms with Gasteiger partial charge in [-0.3, -0.25) is 9.59 Å².